The van der Waals surface area contributed by atoms with Crippen LogP contribution < -0.4 is 5.32 Å². The van der Waals surface area contributed by atoms with Crippen LogP contribution in [-0.4, -0.2) is 33.3 Å². The highest BCUT2D eigenvalue weighted by Gasteiger charge is 2.21. The summed E-state index contributed by atoms with van der Waals surface area (Å²) in [6, 6.07) is 8.35. The molecule has 1 unspecified atom stereocenters. The van der Waals surface area contributed by atoms with Gasteiger partial charge in [-0.05, 0) is 41.8 Å². The SMILES string of the molecule is CC(C)c1ccc(-n2nnc(C3CCNC3)n2)cc1. The van der Waals surface area contributed by atoms with E-state index < -0.39 is 0 Å². The molecule has 0 amide bonds. The summed E-state index contributed by atoms with van der Waals surface area (Å²) in [5.41, 5.74) is 2.29. The molecule has 0 aliphatic carbocycles. The van der Waals surface area contributed by atoms with Crippen molar-refractivity contribution in [2.45, 2.75) is 32.1 Å². The minimum atomic E-state index is 0.406. The summed E-state index contributed by atoms with van der Waals surface area (Å²) in [6.07, 6.45) is 1.10. The molecule has 1 fully saturated rings. The lowest BCUT2D eigenvalue weighted by molar-refractivity contribution is 0.687. The molecule has 1 aromatic heterocycles. The second kappa shape index (κ2) is 5.09. The molecule has 1 saturated heterocycles. The van der Waals surface area contributed by atoms with Crippen molar-refractivity contribution in [3.8, 4) is 5.69 Å². The maximum absolute atomic E-state index is 4.49. The van der Waals surface area contributed by atoms with Crippen molar-refractivity contribution in [2.75, 3.05) is 13.1 Å². The van der Waals surface area contributed by atoms with Crippen molar-refractivity contribution in [1.82, 2.24) is 25.5 Å². The second-order valence-corrected chi connectivity index (χ2v) is 5.37. The van der Waals surface area contributed by atoms with Crippen LogP contribution in [0.2, 0.25) is 0 Å². The van der Waals surface area contributed by atoms with Gasteiger partial charge in [0, 0.05) is 12.5 Å². The first-order chi connectivity index (χ1) is 9.24. The van der Waals surface area contributed by atoms with Crippen molar-refractivity contribution in [3.05, 3.63) is 35.7 Å². The van der Waals surface area contributed by atoms with Gasteiger partial charge in [-0.2, -0.15) is 0 Å². The van der Waals surface area contributed by atoms with Crippen molar-refractivity contribution in [3.63, 3.8) is 0 Å². The van der Waals surface area contributed by atoms with Crippen molar-refractivity contribution in [2.24, 2.45) is 0 Å². The fourth-order valence-corrected chi connectivity index (χ4v) is 2.37. The zero-order valence-electron chi connectivity index (χ0n) is 11.4. The van der Waals surface area contributed by atoms with E-state index in [1.807, 2.05) is 12.1 Å². The molecule has 100 valence electrons. The summed E-state index contributed by atoms with van der Waals surface area (Å²) in [5, 5.41) is 16.1. The lowest BCUT2D eigenvalue weighted by atomic mass is 10.0. The Bertz CT molecular complexity index is 537. The van der Waals surface area contributed by atoms with E-state index in [0.29, 0.717) is 11.8 Å². The number of hydrogen-bond donors (Lipinski definition) is 1. The number of rotatable bonds is 3. The van der Waals surface area contributed by atoms with Gasteiger partial charge in [-0.3, -0.25) is 0 Å². The van der Waals surface area contributed by atoms with Gasteiger partial charge < -0.3 is 5.32 Å². The van der Waals surface area contributed by atoms with Crippen LogP contribution in [0.25, 0.3) is 5.69 Å². The molecule has 0 radical (unpaired) electrons. The highest BCUT2D eigenvalue weighted by molar-refractivity contribution is 5.33. The molecule has 1 aliphatic rings. The Hall–Kier alpha value is -1.75. The number of nitrogens with zero attached hydrogens (tertiary/aromatic N) is 4. The molecule has 0 saturated carbocycles. The van der Waals surface area contributed by atoms with Crippen LogP contribution in [0.15, 0.2) is 24.3 Å². The highest BCUT2D eigenvalue weighted by atomic mass is 15.6. The molecule has 3 rings (SSSR count). The summed E-state index contributed by atoms with van der Waals surface area (Å²) in [6.45, 7) is 6.38. The molecule has 1 N–H and O–H groups in total. The molecule has 5 heteroatoms. The predicted octanol–water partition coefficient (Wildman–Crippen LogP) is 1.86. The van der Waals surface area contributed by atoms with Gasteiger partial charge in [0.15, 0.2) is 5.82 Å². The number of aromatic nitrogens is 4. The van der Waals surface area contributed by atoms with Crippen LogP contribution >= 0.6 is 0 Å². The van der Waals surface area contributed by atoms with E-state index in [2.05, 4.69) is 46.7 Å². The minimum absolute atomic E-state index is 0.406. The van der Waals surface area contributed by atoms with Crippen LogP contribution in [0.1, 0.15) is 43.5 Å². The zero-order valence-corrected chi connectivity index (χ0v) is 11.4. The lowest BCUT2D eigenvalue weighted by Crippen LogP contribution is -2.09. The fourth-order valence-electron chi connectivity index (χ4n) is 2.37. The van der Waals surface area contributed by atoms with Crippen LogP contribution in [0, 0.1) is 0 Å². The number of hydrogen-bond acceptors (Lipinski definition) is 4. The van der Waals surface area contributed by atoms with Crippen molar-refractivity contribution >= 4 is 0 Å². The van der Waals surface area contributed by atoms with E-state index in [9.17, 15) is 0 Å². The summed E-state index contributed by atoms with van der Waals surface area (Å²) < 4.78 is 0. The maximum Gasteiger partial charge on any atom is 0.179 e. The van der Waals surface area contributed by atoms with Gasteiger partial charge in [0.05, 0.1) is 5.69 Å². The molecule has 0 spiro atoms. The fraction of sp³-hybridized carbons (Fsp3) is 0.500. The molecular formula is C14H19N5. The third-order valence-electron chi connectivity index (χ3n) is 3.65. The molecule has 1 aromatic carbocycles. The number of nitrogens with one attached hydrogen (secondary N) is 1. The van der Waals surface area contributed by atoms with Crippen LogP contribution in [0.4, 0.5) is 0 Å². The number of tetrazole rings is 1. The van der Waals surface area contributed by atoms with Gasteiger partial charge in [-0.15, -0.1) is 15.0 Å². The molecular weight excluding hydrogens is 238 g/mol. The van der Waals surface area contributed by atoms with Crippen LogP contribution in [0.5, 0.6) is 0 Å². The van der Waals surface area contributed by atoms with Crippen LogP contribution in [-0.2, 0) is 0 Å². The minimum Gasteiger partial charge on any atom is -0.316 e. The van der Waals surface area contributed by atoms with Gasteiger partial charge in [0.1, 0.15) is 0 Å². The van der Waals surface area contributed by atoms with E-state index in [1.54, 1.807) is 4.80 Å². The normalized spacial score (nSPS) is 19.2. The average Bonchev–Trinajstić information content (AvgIpc) is 3.10. The third-order valence-corrected chi connectivity index (χ3v) is 3.65. The summed E-state index contributed by atoms with van der Waals surface area (Å²) in [7, 11) is 0. The highest BCUT2D eigenvalue weighted by Crippen LogP contribution is 2.19. The summed E-state index contributed by atoms with van der Waals surface area (Å²) in [4.78, 5) is 1.62. The largest absolute Gasteiger partial charge is 0.316 e. The first-order valence-electron chi connectivity index (χ1n) is 6.85. The third kappa shape index (κ3) is 2.51. The van der Waals surface area contributed by atoms with Gasteiger partial charge in [-0.1, -0.05) is 26.0 Å². The monoisotopic (exact) mass is 257 g/mol. The van der Waals surface area contributed by atoms with Crippen LogP contribution in [0.3, 0.4) is 0 Å². The molecule has 0 bridgehead atoms. The summed E-state index contributed by atoms with van der Waals surface area (Å²) in [5.74, 6) is 1.79. The van der Waals surface area contributed by atoms with Gasteiger partial charge >= 0.3 is 0 Å². The predicted molar refractivity (Wildman–Crippen MR) is 73.5 cm³/mol. The molecule has 19 heavy (non-hydrogen) atoms. The molecule has 2 heterocycles. The topological polar surface area (TPSA) is 55.6 Å². The van der Waals surface area contributed by atoms with E-state index in [4.69, 9.17) is 0 Å². The van der Waals surface area contributed by atoms with E-state index >= 15 is 0 Å². The Labute approximate surface area is 113 Å². The maximum atomic E-state index is 4.49. The molecule has 2 aromatic rings. The second-order valence-electron chi connectivity index (χ2n) is 5.37. The van der Waals surface area contributed by atoms with E-state index in [0.717, 1.165) is 31.0 Å². The Kier molecular flexibility index (Phi) is 3.29. The van der Waals surface area contributed by atoms with Crippen molar-refractivity contribution < 1.29 is 0 Å². The quantitative estimate of drug-likeness (QED) is 0.912. The molecule has 1 aliphatic heterocycles. The van der Waals surface area contributed by atoms with Gasteiger partial charge in [-0.25, -0.2) is 0 Å². The van der Waals surface area contributed by atoms with Gasteiger partial charge in [0.2, 0.25) is 0 Å². The zero-order chi connectivity index (χ0) is 13.2. The summed E-state index contributed by atoms with van der Waals surface area (Å²) >= 11 is 0. The van der Waals surface area contributed by atoms with Crippen molar-refractivity contribution in [1.29, 1.82) is 0 Å². The van der Waals surface area contributed by atoms with E-state index in [1.165, 1.54) is 5.56 Å². The Morgan fingerprint density at radius 1 is 1.26 bits per heavy atom. The number of benzene rings is 1. The molecule has 1 atom stereocenters. The first kappa shape index (κ1) is 12.3. The lowest BCUT2D eigenvalue weighted by Gasteiger charge is -2.05. The Balaban J connectivity index is 1.81. The average molecular weight is 257 g/mol. The Morgan fingerprint density at radius 3 is 2.68 bits per heavy atom. The van der Waals surface area contributed by atoms with Gasteiger partial charge in [0.25, 0.3) is 0 Å². The smallest absolute Gasteiger partial charge is 0.179 e. The first-order valence-corrected chi connectivity index (χ1v) is 6.85. The molecule has 5 nitrogen and oxygen atoms in total. The standard InChI is InChI=1S/C14H19N5/c1-10(2)11-3-5-13(6-4-11)19-17-14(16-18-19)12-7-8-15-9-12/h3-6,10,12,15H,7-9H2,1-2H3. The van der Waals surface area contributed by atoms with E-state index in [-0.39, 0.29) is 0 Å². The Morgan fingerprint density at radius 2 is 2.05 bits per heavy atom.